The number of benzene rings is 2. The molecule has 1 saturated heterocycles. The van der Waals surface area contributed by atoms with Gasteiger partial charge in [-0.25, -0.2) is 0 Å². The summed E-state index contributed by atoms with van der Waals surface area (Å²) in [5.41, 5.74) is 4.66. The van der Waals surface area contributed by atoms with E-state index in [9.17, 15) is 9.59 Å². The first-order chi connectivity index (χ1) is 16.0. The van der Waals surface area contributed by atoms with Crippen molar-refractivity contribution in [1.82, 2.24) is 15.5 Å². The summed E-state index contributed by atoms with van der Waals surface area (Å²) in [6.07, 6.45) is 5.81. The highest BCUT2D eigenvalue weighted by Crippen LogP contribution is 2.31. The lowest BCUT2D eigenvalue weighted by molar-refractivity contribution is -0.139. The van der Waals surface area contributed by atoms with E-state index in [1.807, 2.05) is 18.2 Å². The quantitative estimate of drug-likeness (QED) is 0.635. The van der Waals surface area contributed by atoms with Gasteiger partial charge in [-0.3, -0.25) is 14.5 Å². The van der Waals surface area contributed by atoms with Gasteiger partial charge >= 0.3 is 11.8 Å². The number of aryl methyl sites for hydroxylation is 1. The maximum atomic E-state index is 12.6. The van der Waals surface area contributed by atoms with Crippen molar-refractivity contribution in [3.63, 3.8) is 0 Å². The molecule has 0 aliphatic carbocycles. The van der Waals surface area contributed by atoms with Crippen molar-refractivity contribution in [2.45, 2.75) is 44.7 Å². The number of piperidine rings is 1. The molecule has 6 nitrogen and oxygen atoms in total. The molecule has 0 spiro atoms. The van der Waals surface area contributed by atoms with E-state index in [4.69, 9.17) is 11.6 Å². The van der Waals surface area contributed by atoms with Crippen molar-refractivity contribution in [3.8, 4) is 0 Å². The predicted molar refractivity (Wildman–Crippen MR) is 133 cm³/mol. The maximum Gasteiger partial charge on any atom is 0.309 e. The molecule has 2 aliphatic rings. The largest absolute Gasteiger partial charge is 0.374 e. The number of carbonyl (C=O) groups excluding carboxylic acids is 2. The van der Waals surface area contributed by atoms with E-state index in [0.717, 1.165) is 50.9 Å². The molecule has 33 heavy (non-hydrogen) atoms. The molecular formula is C26H33ClN4O2. The molecule has 2 heterocycles. The number of likely N-dealkylation sites (tertiary alicyclic amines) is 1. The van der Waals surface area contributed by atoms with Gasteiger partial charge in [-0.1, -0.05) is 48.4 Å². The van der Waals surface area contributed by atoms with E-state index in [1.165, 1.54) is 23.2 Å². The Hall–Kier alpha value is -2.57. The third-order valence-electron chi connectivity index (χ3n) is 6.73. The smallest absolute Gasteiger partial charge is 0.309 e. The van der Waals surface area contributed by atoms with E-state index in [0.29, 0.717) is 11.6 Å². The van der Waals surface area contributed by atoms with Gasteiger partial charge in [0.25, 0.3) is 0 Å². The molecule has 2 N–H and O–H groups in total. The van der Waals surface area contributed by atoms with E-state index in [2.05, 4.69) is 45.7 Å². The first kappa shape index (κ1) is 23.6. The van der Waals surface area contributed by atoms with Crippen molar-refractivity contribution >= 4 is 29.1 Å². The minimum absolute atomic E-state index is 0.0585. The Morgan fingerprint density at radius 2 is 1.73 bits per heavy atom. The lowest BCUT2D eigenvalue weighted by atomic mass is 9.95. The summed E-state index contributed by atoms with van der Waals surface area (Å²) in [4.78, 5) is 29.7. The van der Waals surface area contributed by atoms with Crippen molar-refractivity contribution in [2.24, 2.45) is 0 Å². The zero-order valence-electron chi connectivity index (χ0n) is 19.3. The van der Waals surface area contributed by atoms with Gasteiger partial charge in [0.2, 0.25) is 0 Å². The summed E-state index contributed by atoms with van der Waals surface area (Å²) in [7, 11) is 2.14. The van der Waals surface area contributed by atoms with Crippen LogP contribution in [0.1, 0.15) is 48.4 Å². The second-order valence-corrected chi connectivity index (χ2v) is 9.42. The third-order valence-corrected chi connectivity index (χ3v) is 7.10. The second kappa shape index (κ2) is 11.0. The van der Waals surface area contributed by atoms with Crippen molar-refractivity contribution in [1.29, 1.82) is 0 Å². The number of amides is 2. The van der Waals surface area contributed by atoms with Crippen molar-refractivity contribution < 1.29 is 9.59 Å². The fraction of sp³-hybridized carbons (Fsp3) is 0.462. The molecule has 2 aromatic carbocycles. The molecule has 1 fully saturated rings. The first-order valence-corrected chi connectivity index (χ1v) is 12.3. The monoisotopic (exact) mass is 468 g/mol. The normalized spacial score (nSPS) is 17.2. The van der Waals surface area contributed by atoms with Crippen molar-refractivity contribution in [3.05, 3.63) is 64.2 Å². The Balaban J connectivity index is 1.42. The molecule has 2 aliphatic heterocycles. The van der Waals surface area contributed by atoms with E-state index >= 15 is 0 Å². The molecule has 0 aromatic heterocycles. The van der Waals surface area contributed by atoms with Gasteiger partial charge in [-0.15, -0.1) is 0 Å². The van der Waals surface area contributed by atoms with E-state index < -0.39 is 11.8 Å². The standard InChI is InChI=1S/C26H33ClN4O2/c1-30-13-7-9-19-16-20(11-12-23(19)30)24(31-14-5-2-6-15-31)18-29-26(33)25(32)28-17-21-8-3-4-10-22(21)27/h3-4,8,10-12,16,24H,2,5-7,9,13-15,17-18H2,1H3,(H,28,32)(H,29,33). The summed E-state index contributed by atoms with van der Waals surface area (Å²) in [6, 6.07) is 14.0. The zero-order valence-corrected chi connectivity index (χ0v) is 20.0. The minimum Gasteiger partial charge on any atom is -0.374 e. The summed E-state index contributed by atoms with van der Waals surface area (Å²) in [5.74, 6) is -1.25. The number of rotatable bonds is 6. The molecule has 4 rings (SSSR count). The average molecular weight is 469 g/mol. The number of hydrogen-bond acceptors (Lipinski definition) is 4. The number of halogens is 1. The summed E-state index contributed by atoms with van der Waals surface area (Å²) >= 11 is 6.14. The molecular weight excluding hydrogens is 436 g/mol. The molecule has 0 bridgehead atoms. The SMILES string of the molecule is CN1CCCc2cc(C(CNC(=O)C(=O)NCc3ccccc3Cl)N3CCCCC3)ccc21. The van der Waals surface area contributed by atoms with Gasteiger partial charge in [-0.05, 0) is 67.6 Å². The molecule has 7 heteroatoms. The van der Waals surface area contributed by atoms with E-state index in [-0.39, 0.29) is 12.6 Å². The van der Waals surface area contributed by atoms with Crippen LogP contribution in [0.5, 0.6) is 0 Å². The fourth-order valence-corrected chi connectivity index (χ4v) is 5.07. The number of fused-ring (bicyclic) bond motifs is 1. The van der Waals surface area contributed by atoms with Crippen LogP contribution >= 0.6 is 11.6 Å². The number of nitrogens with zero attached hydrogens (tertiary/aromatic N) is 2. The summed E-state index contributed by atoms with van der Waals surface area (Å²) in [6.45, 7) is 3.74. The third kappa shape index (κ3) is 5.87. The molecule has 1 unspecified atom stereocenters. The maximum absolute atomic E-state index is 12.6. The molecule has 2 aromatic rings. The Bertz CT molecular complexity index is 990. The van der Waals surface area contributed by atoms with Crippen LogP contribution in [-0.4, -0.2) is 49.9 Å². The topological polar surface area (TPSA) is 64.7 Å². The Morgan fingerprint density at radius 1 is 0.970 bits per heavy atom. The number of nitrogens with one attached hydrogen (secondary N) is 2. The van der Waals surface area contributed by atoms with Gasteiger partial charge in [0.1, 0.15) is 0 Å². The van der Waals surface area contributed by atoms with Crippen LogP contribution in [-0.2, 0) is 22.6 Å². The lowest BCUT2D eigenvalue weighted by Crippen LogP contribution is -2.45. The van der Waals surface area contributed by atoms with Gasteiger partial charge < -0.3 is 15.5 Å². The van der Waals surface area contributed by atoms with Crippen LogP contribution in [0, 0.1) is 0 Å². The van der Waals surface area contributed by atoms with Gasteiger partial charge in [0.05, 0.1) is 6.04 Å². The molecule has 1 atom stereocenters. The van der Waals surface area contributed by atoms with Crippen LogP contribution < -0.4 is 15.5 Å². The lowest BCUT2D eigenvalue weighted by Gasteiger charge is -2.36. The van der Waals surface area contributed by atoms with Crippen LogP contribution in [0.2, 0.25) is 5.02 Å². The fourth-order valence-electron chi connectivity index (χ4n) is 4.87. The van der Waals surface area contributed by atoms with Crippen LogP contribution in [0.25, 0.3) is 0 Å². The Morgan fingerprint density at radius 3 is 2.52 bits per heavy atom. The summed E-state index contributed by atoms with van der Waals surface area (Å²) in [5, 5.41) is 6.13. The Kier molecular flexibility index (Phi) is 7.89. The van der Waals surface area contributed by atoms with Crippen molar-refractivity contribution in [2.75, 3.05) is 38.1 Å². The van der Waals surface area contributed by atoms with Crippen LogP contribution in [0.15, 0.2) is 42.5 Å². The zero-order chi connectivity index (χ0) is 23.2. The highest BCUT2D eigenvalue weighted by molar-refractivity contribution is 6.35. The second-order valence-electron chi connectivity index (χ2n) is 9.01. The highest BCUT2D eigenvalue weighted by atomic mass is 35.5. The number of anilines is 1. The van der Waals surface area contributed by atoms with E-state index in [1.54, 1.807) is 6.07 Å². The van der Waals surface area contributed by atoms with Gasteiger partial charge in [0, 0.05) is 37.4 Å². The molecule has 2 amide bonds. The predicted octanol–water partition coefficient (Wildman–Crippen LogP) is 3.68. The van der Waals surface area contributed by atoms with Gasteiger partial charge in [-0.2, -0.15) is 0 Å². The summed E-state index contributed by atoms with van der Waals surface area (Å²) < 4.78 is 0. The van der Waals surface area contributed by atoms with Gasteiger partial charge in [0.15, 0.2) is 0 Å². The first-order valence-electron chi connectivity index (χ1n) is 11.9. The van der Waals surface area contributed by atoms with Crippen LogP contribution in [0.4, 0.5) is 5.69 Å². The number of hydrogen-bond donors (Lipinski definition) is 2. The average Bonchev–Trinajstić information content (AvgIpc) is 2.84. The number of carbonyl (C=O) groups is 2. The minimum atomic E-state index is -0.639. The molecule has 0 radical (unpaired) electrons. The molecule has 176 valence electrons. The Labute approximate surface area is 201 Å². The highest BCUT2D eigenvalue weighted by Gasteiger charge is 2.25. The molecule has 0 saturated carbocycles. The van der Waals surface area contributed by atoms with Crippen LogP contribution in [0.3, 0.4) is 0 Å².